The molecule has 0 radical (unpaired) electrons. The number of anilines is 1. The van der Waals surface area contributed by atoms with E-state index in [2.05, 4.69) is 5.32 Å². The second-order valence-corrected chi connectivity index (χ2v) is 4.82. The van der Waals surface area contributed by atoms with E-state index in [4.69, 9.17) is 5.73 Å². The van der Waals surface area contributed by atoms with Gasteiger partial charge in [0.2, 0.25) is 0 Å². The van der Waals surface area contributed by atoms with Gasteiger partial charge in [-0.3, -0.25) is 0 Å². The molecule has 1 saturated heterocycles. The van der Waals surface area contributed by atoms with Crippen LogP contribution in [-0.2, 0) is 6.18 Å². The normalized spacial score (nSPS) is 19.8. The number of nitrogens with one attached hydrogen (secondary N) is 1. The van der Waals surface area contributed by atoms with Crippen LogP contribution in [0.15, 0.2) is 24.3 Å². The maximum absolute atomic E-state index is 12.8. The fourth-order valence-electron chi connectivity index (χ4n) is 2.23. The van der Waals surface area contributed by atoms with Crippen LogP contribution in [0.4, 0.5) is 23.7 Å². The molecule has 4 nitrogen and oxygen atoms in total. The van der Waals surface area contributed by atoms with Gasteiger partial charge in [0.25, 0.3) is 0 Å². The third-order valence-electron chi connectivity index (χ3n) is 3.22. The van der Waals surface area contributed by atoms with Gasteiger partial charge in [-0.1, -0.05) is 12.1 Å². The average molecular weight is 287 g/mol. The van der Waals surface area contributed by atoms with Crippen molar-refractivity contribution in [3.8, 4) is 0 Å². The molecule has 1 aromatic rings. The number of halogens is 3. The highest BCUT2D eigenvalue weighted by molar-refractivity contribution is 5.90. The minimum absolute atomic E-state index is 0.118. The zero-order valence-electron chi connectivity index (χ0n) is 10.8. The van der Waals surface area contributed by atoms with Crippen molar-refractivity contribution in [2.75, 3.05) is 18.4 Å². The van der Waals surface area contributed by atoms with Gasteiger partial charge in [0.15, 0.2) is 0 Å². The number of hydrogen-bond acceptors (Lipinski definition) is 2. The predicted molar refractivity (Wildman–Crippen MR) is 69.2 cm³/mol. The second-order valence-electron chi connectivity index (χ2n) is 4.82. The number of rotatable bonds is 1. The number of piperidine rings is 1. The van der Waals surface area contributed by atoms with Gasteiger partial charge in [-0.05, 0) is 25.0 Å². The summed E-state index contributed by atoms with van der Waals surface area (Å²) >= 11 is 0. The SMILES string of the molecule is N[C@@H]1CCCN(C(=O)Nc2ccccc2C(F)(F)F)C1. The number of carbonyl (C=O) groups excluding carboxylic acids is 1. The Balaban J connectivity index is 2.12. The van der Waals surface area contributed by atoms with Crippen molar-refractivity contribution in [3.05, 3.63) is 29.8 Å². The number of likely N-dealkylation sites (tertiary alicyclic amines) is 1. The molecule has 2 rings (SSSR count). The van der Waals surface area contributed by atoms with Crippen molar-refractivity contribution in [2.24, 2.45) is 5.73 Å². The van der Waals surface area contributed by atoms with Crippen LogP contribution in [0.25, 0.3) is 0 Å². The van der Waals surface area contributed by atoms with Crippen molar-refractivity contribution in [2.45, 2.75) is 25.1 Å². The van der Waals surface area contributed by atoms with Crippen molar-refractivity contribution in [1.29, 1.82) is 0 Å². The van der Waals surface area contributed by atoms with Gasteiger partial charge in [-0.2, -0.15) is 13.2 Å². The third kappa shape index (κ3) is 3.41. The molecule has 1 atom stereocenters. The lowest BCUT2D eigenvalue weighted by Crippen LogP contribution is -2.47. The van der Waals surface area contributed by atoms with Crippen molar-refractivity contribution < 1.29 is 18.0 Å². The van der Waals surface area contributed by atoms with E-state index in [0.29, 0.717) is 13.1 Å². The first-order valence-corrected chi connectivity index (χ1v) is 6.35. The molecular formula is C13H16F3N3O. The second kappa shape index (κ2) is 5.70. The van der Waals surface area contributed by atoms with Crippen LogP contribution in [-0.4, -0.2) is 30.1 Å². The van der Waals surface area contributed by atoms with E-state index in [1.54, 1.807) is 0 Å². The van der Waals surface area contributed by atoms with Crippen LogP contribution < -0.4 is 11.1 Å². The molecule has 1 fully saturated rings. The summed E-state index contributed by atoms with van der Waals surface area (Å²) in [5.41, 5.74) is 4.67. The number of nitrogens with two attached hydrogens (primary N) is 1. The number of amides is 2. The summed E-state index contributed by atoms with van der Waals surface area (Å²) in [4.78, 5) is 13.4. The first-order valence-electron chi connectivity index (χ1n) is 6.35. The van der Waals surface area contributed by atoms with Gasteiger partial charge in [-0.15, -0.1) is 0 Å². The Morgan fingerprint density at radius 1 is 1.35 bits per heavy atom. The number of alkyl halides is 3. The van der Waals surface area contributed by atoms with Crippen LogP contribution in [0.3, 0.4) is 0 Å². The van der Waals surface area contributed by atoms with E-state index in [9.17, 15) is 18.0 Å². The summed E-state index contributed by atoms with van der Waals surface area (Å²) < 4.78 is 38.5. The summed E-state index contributed by atoms with van der Waals surface area (Å²) in [5.74, 6) is 0. The van der Waals surface area contributed by atoms with Gasteiger partial charge in [-0.25, -0.2) is 4.79 Å². The number of urea groups is 1. The summed E-state index contributed by atoms with van der Waals surface area (Å²) in [6.45, 7) is 0.869. The summed E-state index contributed by atoms with van der Waals surface area (Å²) in [6.07, 6.45) is -2.92. The zero-order valence-corrected chi connectivity index (χ0v) is 10.8. The number of hydrogen-bond donors (Lipinski definition) is 2. The summed E-state index contributed by atoms with van der Waals surface area (Å²) in [7, 11) is 0. The molecule has 0 unspecified atom stereocenters. The maximum Gasteiger partial charge on any atom is 0.418 e. The maximum atomic E-state index is 12.8. The van der Waals surface area contributed by atoms with Gasteiger partial charge in [0, 0.05) is 19.1 Å². The molecule has 0 aliphatic carbocycles. The van der Waals surface area contributed by atoms with E-state index in [1.807, 2.05) is 0 Å². The minimum Gasteiger partial charge on any atom is -0.326 e. The van der Waals surface area contributed by atoms with E-state index in [1.165, 1.54) is 23.1 Å². The van der Waals surface area contributed by atoms with E-state index in [-0.39, 0.29) is 11.7 Å². The Morgan fingerprint density at radius 2 is 2.05 bits per heavy atom. The Hall–Kier alpha value is -1.76. The molecule has 3 N–H and O–H groups in total. The Kier molecular flexibility index (Phi) is 4.17. The molecule has 0 aromatic heterocycles. The zero-order chi connectivity index (χ0) is 14.8. The van der Waals surface area contributed by atoms with Crippen molar-refractivity contribution in [1.82, 2.24) is 4.90 Å². The molecule has 0 saturated carbocycles. The van der Waals surface area contributed by atoms with Gasteiger partial charge >= 0.3 is 12.2 Å². The van der Waals surface area contributed by atoms with Crippen LogP contribution in [0.2, 0.25) is 0 Å². The smallest absolute Gasteiger partial charge is 0.326 e. The molecule has 1 aromatic carbocycles. The van der Waals surface area contributed by atoms with Gasteiger partial charge in [0.05, 0.1) is 11.3 Å². The lowest BCUT2D eigenvalue weighted by atomic mass is 10.1. The lowest BCUT2D eigenvalue weighted by Gasteiger charge is -2.31. The van der Waals surface area contributed by atoms with Crippen molar-refractivity contribution in [3.63, 3.8) is 0 Å². The fraction of sp³-hybridized carbons (Fsp3) is 0.462. The molecule has 1 aliphatic heterocycles. The molecule has 0 bridgehead atoms. The topological polar surface area (TPSA) is 58.4 Å². The van der Waals surface area contributed by atoms with Crippen LogP contribution in [0.1, 0.15) is 18.4 Å². The molecule has 1 heterocycles. The third-order valence-corrected chi connectivity index (χ3v) is 3.22. The summed E-state index contributed by atoms with van der Waals surface area (Å²) in [6, 6.07) is 4.26. The largest absolute Gasteiger partial charge is 0.418 e. The Labute approximate surface area is 114 Å². The average Bonchev–Trinajstić information content (AvgIpc) is 2.38. The Morgan fingerprint density at radius 3 is 2.70 bits per heavy atom. The number of benzene rings is 1. The Bertz CT molecular complexity index is 490. The highest BCUT2D eigenvalue weighted by Crippen LogP contribution is 2.34. The highest BCUT2D eigenvalue weighted by Gasteiger charge is 2.34. The van der Waals surface area contributed by atoms with E-state index in [0.717, 1.165) is 18.9 Å². The minimum atomic E-state index is -4.50. The van der Waals surface area contributed by atoms with Crippen LogP contribution >= 0.6 is 0 Å². The highest BCUT2D eigenvalue weighted by atomic mass is 19.4. The molecule has 0 spiro atoms. The van der Waals surface area contributed by atoms with Gasteiger partial charge < -0.3 is 16.0 Å². The van der Waals surface area contributed by atoms with Crippen molar-refractivity contribution >= 4 is 11.7 Å². The molecule has 7 heteroatoms. The lowest BCUT2D eigenvalue weighted by molar-refractivity contribution is -0.136. The van der Waals surface area contributed by atoms with Crippen LogP contribution in [0, 0.1) is 0 Å². The van der Waals surface area contributed by atoms with E-state index < -0.39 is 17.8 Å². The quantitative estimate of drug-likeness (QED) is 0.834. The molecular weight excluding hydrogens is 271 g/mol. The number of carbonyl (C=O) groups is 1. The van der Waals surface area contributed by atoms with E-state index >= 15 is 0 Å². The monoisotopic (exact) mass is 287 g/mol. The molecule has 20 heavy (non-hydrogen) atoms. The first-order chi connectivity index (χ1) is 9.38. The number of nitrogens with zero attached hydrogens (tertiary/aromatic N) is 1. The van der Waals surface area contributed by atoms with Crippen LogP contribution in [0.5, 0.6) is 0 Å². The fourth-order valence-corrected chi connectivity index (χ4v) is 2.23. The summed E-state index contributed by atoms with van der Waals surface area (Å²) in [5, 5.41) is 2.32. The van der Waals surface area contributed by atoms with Gasteiger partial charge in [0.1, 0.15) is 0 Å². The number of para-hydroxylation sites is 1. The molecule has 2 amide bonds. The standard InChI is InChI=1S/C13H16F3N3O/c14-13(15,16)10-5-1-2-6-11(10)18-12(20)19-7-3-4-9(17)8-19/h1-2,5-6,9H,3-4,7-8,17H2,(H,18,20)/t9-/m1/s1. The predicted octanol–water partition coefficient (Wildman–Crippen LogP) is 2.66. The first kappa shape index (κ1) is 14.6. The molecule has 110 valence electrons. The molecule has 1 aliphatic rings.